The molecule has 0 aliphatic heterocycles. The highest BCUT2D eigenvalue weighted by atomic mass is 35.5. The van der Waals surface area contributed by atoms with Crippen molar-refractivity contribution >= 4 is 28.9 Å². The van der Waals surface area contributed by atoms with Gasteiger partial charge in [-0.2, -0.15) is 5.10 Å². The number of nitro groups is 1. The lowest BCUT2D eigenvalue weighted by Gasteiger charge is -2.08. The maximum Gasteiger partial charge on any atom is 0.288 e. The summed E-state index contributed by atoms with van der Waals surface area (Å²) in [7, 11) is 0. The number of nitrogens with zero attached hydrogens (tertiary/aromatic N) is 2. The number of anilines is 1. The molecule has 1 aromatic heterocycles. The number of rotatable bonds is 3. The Labute approximate surface area is 129 Å². The van der Waals surface area contributed by atoms with Gasteiger partial charge < -0.3 is 5.32 Å². The molecule has 0 spiro atoms. The molecule has 0 fully saturated rings. The fourth-order valence-electron chi connectivity index (χ4n) is 1.83. The number of aromatic nitrogens is 2. The van der Waals surface area contributed by atoms with Crippen molar-refractivity contribution in [2.75, 3.05) is 5.32 Å². The van der Waals surface area contributed by atoms with Crippen LogP contribution in [0.2, 0.25) is 5.02 Å². The van der Waals surface area contributed by atoms with E-state index in [-0.39, 0.29) is 22.0 Å². The summed E-state index contributed by atoms with van der Waals surface area (Å²) >= 11 is 5.77. The molecule has 114 valence electrons. The van der Waals surface area contributed by atoms with Crippen LogP contribution in [-0.4, -0.2) is 21.0 Å². The number of hydrogen-bond donors (Lipinski definition) is 2. The Bertz CT molecular complexity index is 831. The van der Waals surface area contributed by atoms with Crippen molar-refractivity contribution in [1.29, 1.82) is 0 Å². The van der Waals surface area contributed by atoms with Crippen molar-refractivity contribution in [3.05, 3.63) is 60.5 Å². The number of hydrogen-bond acceptors (Lipinski definition) is 5. The minimum atomic E-state index is -0.644. The second-order valence-electron chi connectivity index (χ2n) is 4.52. The van der Waals surface area contributed by atoms with E-state index in [1.54, 1.807) is 13.8 Å². The first-order valence-electron chi connectivity index (χ1n) is 6.12. The minimum absolute atomic E-state index is 0.0676. The van der Waals surface area contributed by atoms with Crippen LogP contribution in [0.5, 0.6) is 0 Å². The van der Waals surface area contributed by atoms with Crippen molar-refractivity contribution in [3.63, 3.8) is 0 Å². The highest BCUT2D eigenvalue weighted by Gasteiger charge is 2.18. The Kier molecular flexibility index (Phi) is 4.22. The number of aryl methyl sites for hydroxylation is 1. The lowest BCUT2D eigenvalue weighted by Crippen LogP contribution is -2.26. The average Bonchev–Trinajstić information content (AvgIpc) is 2.43. The molecule has 0 saturated heterocycles. The summed E-state index contributed by atoms with van der Waals surface area (Å²) in [6.45, 7) is 3.26. The smallest absolute Gasteiger partial charge is 0.288 e. The second kappa shape index (κ2) is 5.94. The highest BCUT2D eigenvalue weighted by molar-refractivity contribution is 6.33. The van der Waals surface area contributed by atoms with E-state index >= 15 is 0 Å². The number of amides is 1. The molecule has 2 rings (SSSR count). The topological polar surface area (TPSA) is 118 Å². The van der Waals surface area contributed by atoms with Crippen molar-refractivity contribution < 1.29 is 9.72 Å². The zero-order valence-corrected chi connectivity index (χ0v) is 12.4. The Balaban J connectivity index is 2.34. The lowest BCUT2D eigenvalue weighted by molar-refractivity contribution is -0.384. The third kappa shape index (κ3) is 2.96. The lowest BCUT2D eigenvalue weighted by atomic mass is 10.1. The molecule has 0 radical (unpaired) electrons. The summed E-state index contributed by atoms with van der Waals surface area (Å²) in [6.07, 6.45) is 0. The molecule has 0 unspecified atom stereocenters. The Morgan fingerprint density at radius 1 is 1.41 bits per heavy atom. The molecular formula is C13H11ClN4O4. The molecule has 8 nitrogen and oxygen atoms in total. The zero-order valence-electron chi connectivity index (χ0n) is 11.6. The first-order chi connectivity index (χ1) is 10.3. The molecule has 0 bridgehead atoms. The van der Waals surface area contributed by atoms with Crippen LogP contribution in [0.15, 0.2) is 23.0 Å². The third-order valence-corrected chi connectivity index (χ3v) is 3.40. The number of benzene rings is 1. The van der Waals surface area contributed by atoms with Gasteiger partial charge in [0.1, 0.15) is 10.6 Å². The van der Waals surface area contributed by atoms with Crippen molar-refractivity contribution in [1.82, 2.24) is 10.2 Å². The molecule has 0 aliphatic rings. The van der Waals surface area contributed by atoms with Gasteiger partial charge in [-0.3, -0.25) is 19.7 Å². The molecule has 9 heteroatoms. The predicted octanol–water partition coefficient (Wildman–Crippen LogP) is 2.20. The van der Waals surface area contributed by atoms with E-state index in [2.05, 4.69) is 15.5 Å². The monoisotopic (exact) mass is 322 g/mol. The standard InChI is InChI=1S/C13H11ClN4O4/c1-6-7(2)16-17-13(20)11(6)12(19)15-8-3-4-10(18(21)22)9(14)5-8/h3-5H,1-2H3,(H,15,19)(H,17,20). The molecule has 1 amide bonds. The van der Waals surface area contributed by atoms with Crippen LogP contribution in [0, 0.1) is 24.0 Å². The quantitative estimate of drug-likeness (QED) is 0.663. The predicted molar refractivity (Wildman–Crippen MR) is 80.4 cm³/mol. The number of carbonyl (C=O) groups excluding carboxylic acids is 1. The number of H-pyrrole nitrogens is 1. The summed E-state index contributed by atoms with van der Waals surface area (Å²) in [4.78, 5) is 34.0. The Morgan fingerprint density at radius 3 is 2.68 bits per heavy atom. The van der Waals surface area contributed by atoms with E-state index in [1.807, 2.05) is 0 Å². The van der Waals surface area contributed by atoms with Gasteiger partial charge in [-0.05, 0) is 31.5 Å². The van der Waals surface area contributed by atoms with Gasteiger partial charge in [-0.15, -0.1) is 0 Å². The molecule has 1 aromatic carbocycles. The highest BCUT2D eigenvalue weighted by Crippen LogP contribution is 2.27. The van der Waals surface area contributed by atoms with Crippen LogP contribution < -0.4 is 10.9 Å². The number of nitro benzene ring substituents is 1. The molecule has 0 aliphatic carbocycles. The normalized spacial score (nSPS) is 10.3. The average molecular weight is 323 g/mol. The van der Waals surface area contributed by atoms with E-state index in [9.17, 15) is 19.7 Å². The van der Waals surface area contributed by atoms with E-state index in [0.717, 1.165) is 0 Å². The summed E-state index contributed by atoms with van der Waals surface area (Å²) in [5.41, 5.74) is 0.263. The third-order valence-electron chi connectivity index (χ3n) is 3.10. The summed E-state index contributed by atoms with van der Waals surface area (Å²) < 4.78 is 0. The van der Waals surface area contributed by atoms with E-state index in [0.29, 0.717) is 11.3 Å². The number of aromatic amines is 1. The number of halogens is 1. The van der Waals surface area contributed by atoms with E-state index < -0.39 is 16.4 Å². The molecule has 0 saturated carbocycles. The molecular weight excluding hydrogens is 312 g/mol. The van der Waals surface area contributed by atoms with E-state index in [1.165, 1.54) is 18.2 Å². The summed E-state index contributed by atoms with van der Waals surface area (Å²) in [5, 5.41) is 19.0. The maximum absolute atomic E-state index is 12.2. The Morgan fingerprint density at radius 2 is 2.09 bits per heavy atom. The van der Waals surface area contributed by atoms with Gasteiger partial charge in [-0.25, -0.2) is 5.10 Å². The number of nitrogens with one attached hydrogen (secondary N) is 2. The fourth-order valence-corrected chi connectivity index (χ4v) is 2.07. The Hall–Kier alpha value is -2.74. The largest absolute Gasteiger partial charge is 0.322 e. The van der Waals surface area contributed by atoms with Crippen LogP contribution in [-0.2, 0) is 0 Å². The van der Waals surface area contributed by atoms with Crippen LogP contribution in [0.4, 0.5) is 11.4 Å². The van der Waals surface area contributed by atoms with Crippen LogP contribution in [0.1, 0.15) is 21.6 Å². The maximum atomic E-state index is 12.2. The first kappa shape index (κ1) is 15.6. The summed E-state index contributed by atoms with van der Waals surface area (Å²) in [6, 6.07) is 3.75. The molecule has 2 aromatic rings. The van der Waals surface area contributed by atoms with Crippen molar-refractivity contribution in [2.24, 2.45) is 0 Å². The molecule has 1 heterocycles. The summed E-state index contributed by atoms with van der Waals surface area (Å²) in [5.74, 6) is -0.644. The van der Waals surface area contributed by atoms with Gasteiger partial charge in [0.05, 0.1) is 10.6 Å². The fraction of sp³-hybridized carbons (Fsp3) is 0.154. The van der Waals surface area contributed by atoms with Crippen molar-refractivity contribution in [2.45, 2.75) is 13.8 Å². The van der Waals surface area contributed by atoms with Gasteiger partial charge in [0.25, 0.3) is 17.2 Å². The number of carbonyl (C=O) groups is 1. The molecule has 2 N–H and O–H groups in total. The minimum Gasteiger partial charge on any atom is -0.322 e. The van der Waals surface area contributed by atoms with E-state index in [4.69, 9.17) is 11.6 Å². The van der Waals surface area contributed by atoms with Crippen LogP contribution in [0.25, 0.3) is 0 Å². The molecule has 22 heavy (non-hydrogen) atoms. The second-order valence-corrected chi connectivity index (χ2v) is 4.92. The van der Waals surface area contributed by atoms with Gasteiger partial charge in [0.15, 0.2) is 0 Å². The zero-order chi connectivity index (χ0) is 16.4. The van der Waals surface area contributed by atoms with Gasteiger partial charge in [-0.1, -0.05) is 11.6 Å². The van der Waals surface area contributed by atoms with Gasteiger partial charge >= 0.3 is 0 Å². The SMILES string of the molecule is Cc1n[nH]c(=O)c(C(=O)Nc2ccc([N+](=O)[O-])c(Cl)c2)c1C. The van der Waals surface area contributed by atoms with Crippen molar-refractivity contribution in [3.8, 4) is 0 Å². The van der Waals surface area contributed by atoms with Gasteiger partial charge in [0, 0.05) is 11.8 Å². The van der Waals surface area contributed by atoms with Crippen LogP contribution >= 0.6 is 11.6 Å². The molecule has 0 atom stereocenters. The van der Waals surface area contributed by atoms with Crippen LogP contribution in [0.3, 0.4) is 0 Å². The first-order valence-corrected chi connectivity index (χ1v) is 6.50. The van der Waals surface area contributed by atoms with Gasteiger partial charge in [0.2, 0.25) is 0 Å².